The maximum Gasteiger partial charge on any atom is 0.413 e. The van der Waals surface area contributed by atoms with Crippen molar-refractivity contribution < 1.29 is 23.9 Å². The molecule has 0 aromatic heterocycles. The normalized spacial score (nSPS) is 12.0. The van der Waals surface area contributed by atoms with Gasteiger partial charge in [-0.3, -0.25) is 10.1 Å². The van der Waals surface area contributed by atoms with Gasteiger partial charge in [-0.2, -0.15) is 0 Å². The van der Waals surface area contributed by atoms with Crippen molar-refractivity contribution in [2.75, 3.05) is 7.11 Å². The zero-order valence-electron chi connectivity index (χ0n) is 15.0. The number of ether oxygens (including phenoxy) is 2. The van der Waals surface area contributed by atoms with Crippen LogP contribution >= 0.6 is 0 Å². The molecule has 0 saturated carbocycles. The Bertz CT molecular complexity index is 622. The molecule has 0 spiro atoms. The van der Waals surface area contributed by atoms with E-state index in [0.717, 1.165) is 18.2 Å². The highest BCUT2D eigenvalue weighted by Gasteiger charge is 2.23. The van der Waals surface area contributed by atoms with Gasteiger partial charge in [0, 0.05) is 0 Å². The summed E-state index contributed by atoms with van der Waals surface area (Å²) in [6, 6.07) is 5.59. The van der Waals surface area contributed by atoms with E-state index in [9.17, 15) is 14.4 Å². The first-order valence-corrected chi connectivity index (χ1v) is 7.91. The number of hydrogen-bond donors (Lipinski definition) is 1. The lowest BCUT2D eigenvalue weighted by atomic mass is 9.91. The molecular weight excluding hydrogens is 310 g/mol. The fourth-order valence-electron chi connectivity index (χ4n) is 2.13. The van der Waals surface area contributed by atoms with Gasteiger partial charge >= 0.3 is 12.1 Å². The van der Waals surface area contributed by atoms with Gasteiger partial charge in [0.2, 0.25) is 0 Å². The predicted octanol–water partition coefficient (Wildman–Crippen LogP) is 3.36. The number of alkyl carbamates (subject to hydrolysis) is 1. The molecule has 0 unspecified atom stereocenters. The Morgan fingerprint density at radius 3 is 2.12 bits per heavy atom. The standard InChI is InChI=1S/C18H25NO5/c1-10(2)13-7-8-14(15(9-13)11(3)4)17(21)24-12(5)16(20)19-18(22)23-6/h7-12H,1-6H3,(H,19,20,22)/t12-/m0/s1. The van der Waals surface area contributed by atoms with Crippen molar-refractivity contribution in [2.24, 2.45) is 0 Å². The van der Waals surface area contributed by atoms with Crippen LogP contribution in [0.4, 0.5) is 4.79 Å². The molecule has 1 aromatic rings. The molecule has 6 heteroatoms. The van der Waals surface area contributed by atoms with Crippen LogP contribution < -0.4 is 5.32 Å². The lowest BCUT2D eigenvalue weighted by molar-refractivity contribution is -0.128. The number of methoxy groups -OCH3 is 1. The average Bonchev–Trinajstić information content (AvgIpc) is 2.53. The van der Waals surface area contributed by atoms with Crippen LogP contribution in [0.15, 0.2) is 18.2 Å². The summed E-state index contributed by atoms with van der Waals surface area (Å²) in [5.74, 6) is -0.857. The summed E-state index contributed by atoms with van der Waals surface area (Å²) in [7, 11) is 1.14. The molecule has 1 rings (SSSR count). The molecule has 2 amide bonds. The van der Waals surface area contributed by atoms with E-state index in [1.165, 1.54) is 6.92 Å². The third-order valence-corrected chi connectivity index (χ3v) is 3.65. The highest BCUT2D eigenvalue weighted by Crippen LogP contribution is 2.25. The topological polar surface area (TPSA) is 81.7 Å². The van der Waals surface area contributed by atoms with Crippen molar-refractivity contribution in [3.05, 3.63) is 34.9 Å². The number of amides is 2. The number of nitrogens with one attached hydrogen (secondary N) is 1. The summed E-state index contributed by atoms with van der Waals surface area (Å²) >= 11 is 0. The van der Waals surface area contributed by atoms with Gasteiger partial charge in [-0.25, -0.2) is 9.59 Å². The summed E-state index contributed by atoms with van der Waals surface area (Å²) in [6.07, 6.45) is -2.01. The lowest BCUT2D eigenvalue weighted by Gasteiger charge is -2.17. The summed E-state index contributed by atoms with van der Waals surface area (Å²) in [6.45, 7) is 9.54. The number of rotatable bonds is 5. The van der Waals surface area contributed by atoms with Gasteiger partial charge in [-0.15, -0.1) is 0 Å². The Labute approximate surface area is 142 Å². The Morgan fingerprint density at radius 2 is 1.62 bits per heavy atom. The van der Waals surface area contributed by atoms with Crippen molar-refractivity contribution in [1.82, 2.24) is 5.32 Å². The second kappa shape index (κ2) is 8.47. The van der Waals surface area contributed by atoms with E-state index in [0.29, 0.717) is 11.5 Å². The molecule has 1 N–H and O–H groups in total. The summed E-state index contributed by atoms with van der Waals surface area (Å²) in [4.78, 5) is 35.2. The molecule has 0 heterocycles. The summed E-state index contributed by atoms with van der Waals surface area (Å²) < 4.78 is 9.51. The van der Waals surface area contributed by atoms with Crippen molar-refractivity contribution in [3.63, 3.8) is 0 Å². The molecule has 0 radical (unpaired) electrons. The van der Waals surface area contributed by atoms with E-state index < -0.39 is 24.1 Å². The SMILES string of the molecule is COC(=O)NC(=O)[C@H](C)OC(=O)c1ccc(C(C)C)cc1C(C)C. The van der Waals surface area contributed by atoms with Gasteiger partial charge in [0.15, 0.2) is 6.10 Å². The predicted molar refractivity (Wildman–Crippen MR) is 90.0 cm³/mol. The molecule has 1 atom stereocenters. The quantitative estimate of drug-likeness (QED) is 0.834. The second-order valence-electron chi connectivity index (χ2n) is 6.18. The molecule has 132 valence electrons. The minimum absolute atomic E-state index is 0.130. The number of benzene rings is 1. The number of hydrogen-bond acceptors (Lipinski definition) is 5. The highest BCUT2D eigenvalue weighted by molar-refractivity contribution is 5.97. The van der Waals surface area contributed by atoms with Gasteiger partial charge in [0.05, 0.1) is 12.7 Å². The third-order valence-electron chi connectivity index (χ3n) is 3.65. The molecule has 0 aliphatic heterocycles. The average molecular weight is 335 g/mol. The van der Waals surface area contributed by atoms with E-state index in [2.05, 4.69) is 18.6 Å². The van der Waals surface area contributed by atoms with E-state index in [1.807, 2.05) is 31.3 Å². The van der Waals surface area contributed by atoms with Crippen LogP contribution in [0.5, 0.6) is 0 Å². The third kappa shape index (κ3) is 5.08. The van der Waals surface area contributed by atoms with Crippen molar-refractivity contribution in [2.45, 2.75) is 52.6 Å². The Morgan fingerprint density at radius 1 is 1.00 bits per heavy atom. The van der Waals surface area contributed by atoms with Gasteiger partial charge < -0.3 is 9.47 Å². The first kappa shape index (κ1) is 19.7. The van der Waals surface area contributed by atoms with E-state index in [-0.39, 0.29) is 5.92 Å². The van der Waals surface area contributed by atoms with Gasteiger partial charge in [0.25, 0.3) is 5.91 Å². The Hall–Kier alpha value is -2.37. The molecule has 6 nitrogen and oxygen atoms in total. The van der Waals surface area contributed by atoms with Crippen molar-refractivity contribution in [3.8, 4) is 0 Å². The van der Waals surface area contributed by atoms with Gasteiger partial charge in [0.1, 0.15) is 0 Å². The van der Waals surface area contributed by atoms with Crippen LogP contribution in [0.2, 0.25) is 0 Å². The van der Waals surface area contributed by atoms with Crippen molar-refractivity contribution >= 4 is 18.0 Å². The first-order chi connectivity index (χ1) is 11.2. The Balaban J connectivity index is 2.94. The number of imide groups is 1. The Kier molecular flexibility index (Phi) is 6.95. The zero-order chi connectivity index (χ0) is 18.4. The van der Waals surface area contributed by atoms with Gasteiger partial charge in [-0.05, 0) is 36.0 Å². The van der Waals surface area contributed by atoms with Crippen LogP contribution in [0, 0.1) is 0 Å². The molecule has 24 heavy (non-hydrogen) atoms. The number of esters is 1. The molecule has 0 bridgehead atoms. The van der Waals surface area contributed by atoms with E-state index >= 15 is 0 Å². The van der Waals surface area contributed by atoms with Crippen LogP contribution in [0.25, 0.3) is 0 Å². The zero-order valence-corrected chi connectivity index (χ0v) is 15.0. The maximum atomic E-state index is 12.4. The molecule has 0 aliphatic rings. The summed E-state index contributed by atoms with van der Waals surface area (Å²) in [5, 5.41) is 1.97. The first-order valence-electron chi connectivity index (χ1n) is 7.91. The van der Waals surface area contributed by atoms with Crippen LogP contribution in [-0.4, -0.2) is 31.2 Å². The largest absolute Gasteiger partial charge is 0.453 e. The molecular formula is C18H25NO5. The van der Waals surface area contributed by atoms with Crippen LogP contribution in [0.3, 0.4) is 0 Å². The van der Waals surface area contributed by atoms with Crippen molar-refractivity contribution in [1.29, 1.82) is 0 Å². The second-order valence-corrected chi connectivity index (χ2v) is 6.18. The van der Waals surface area contributed by atoms with Gasteiger partial charge in [-0.1, -0.05) is 39.8 Å². The van der Waals surface area contributed by atoms with E-state index in [1.54, 1.807) is 6.07 Å². The monoisotopic (exact) mass is 335 g/mol. The number of carbonyl (C=O) groups excluding carboxylic acids is 3. The molecule has 0 saturated heterocycles. The molecule has 0 fully saturated rings. The summed E-state index contributed by atoms with van der Waals surface area (Å²) in [5.41, 5.74) is 2.42. The maximum absolute atomic E-state index is 12.4. The number of carbonyl (C=O) groups is 3. The minimum Gasteiger partial charge on any atom is -0.453 e. The highest BCUT2D eigenvalue weighted by atomic mass is 16.6. The van der Waals surface area contributed by atoms with E-state index in [4.69, 9.17) is 4.74 Å². The smallest absolute Gasteiger partial charge is 0.413 e. The fraction of sp³-hybridized carbons (Fsp3) is 0.500. The van der Waals surface area contributed by atoms with Crippen LogP contribution in [0.1, 0.15) is 67.9 Å². The fourth-order valence-corrected chi connectivity index (χ4v) is 2.13. The minimum atomic E-state index is -1.11. The lowest BCUT2D eigenvalue weighted by Crippen LogP contribution is -2.39. The molecule has 0 aliphatic carbocycles. The van der Waals surface area contributed by atoms with Crippen LogP contribution in [-0.2, 0) is 14.3 Å². The molecule has 1 aromatic carbocycles.